The zero-order chi connectivity index (χ0) is 13.6. The molecule has 0 fully saturated rings. The first-order valence-electron chi connectivity index (χ1n) is 6.06. The fraction of sp³-hybridized carbons (Fsp3) is 0.308. The van der Waals surface area contributed by atoms with Gasteiger partial charge in [0.15, 0.2) is 10.4 Å². The molecule has 1 unspecified atom stereocenters. The molecule has 0 radical (unpaired) electrons. The monoisotopic (exact) mass is 290 g/mol. The quantitative estimate of drug-likeness (QED) is 0.731. The Morgan fingerprint density at radius 1 is 1.37 bits per heavy atom. The lowest BCUT2D eigenvalue weighted by atomic mass is 10.2. The van der Waals surface area contributed by atoms with Crippen LogP contribution in [-0.4, -0.2) is 19.5 Å². The molecule has 3 rings (SSSR count). The van der Waals surface area contributed by atoms with E-state index in [9.17, 15) is 0 Å². The summed E-state index contributed by atoms with van der Waals surface area (Å²) in [7, 11) is 0. The summed E-state index contributed by atoms with van der Waals surface area (Å²) in [5.74, 6) is 0. The highest BCUT2D eigenvalue weighted by Gasteiger charge is 2.17. The van der Waals surface area contributed by atoms with Gasteiger partial charge in [-0.2, -0.15) is 0 Å². The summed E-state index contributed by atoms with van der Waals surface area (Å²) in [5.41, 5.74) is 3.05. The summed E-state index contributed by atoms with van der Waals surface area (Å²) in [5, 5.41) is 1.05. The van der Waals surface area contributed by atoms with Crippen LogP contribution in [0, 0.1) is 18.6 Å². The van der Waals surface area contributed by atoms with Crippen molar-refractivity contribution in [3.8, 4) is 0 Å². The van der Waals surface area contributed by atoms with Crippen molar-refractivity contribution in [3.05, 3.63) is 38.7 Å². The molecule has 0 saturated heterocycles. The van der Waals surface area contributed by atoms with Gasteiger partial charge < -0.3 is 4.98 Å². The van der Waals surface area contributed by atoms with E-state index in [0.29, 0.717) is 4.77 Å². The predicted molar refractivity (Wildman–Crippen MR) is 80.3 cm³/mol. The Labute approximate surface area is 120 Å². The van der Waals surface area contributed by atoms with Crippen LogP contribution < -0.4 is 0 Å². The SMILES string of the molecule is Cc1cnc(C(C)n2c(=S)[nH]c3c(C)ccnc32)s1. The smallest absolute Gasteiger partial charge is 0.179 e. The zero-order valence-electron chi connectivity index (χ0n) is 11.0. The van der Waals surface area contributed by atoms with Gasteiger partial charge in [0.05, 0.1) is 11.6 Å². The fourth-order valence-electron chi connectivity index (χ4n) is 2.18. The van der Waals surface area contributed by atoms with E-state index in [-0.39, 0.29) is 6.04 Å². The Morgan fingerprint density at radius 2 is 2.16 bits per heavy atom. The molecule has 0 aromatic carbocycles. The maximum atomic E-state index is 5.44. The number of aromatic nitrogens is 4. The third kappa shape index (κ3) is 2.01. The first-order valence-corrected chi connectivity index (χ1v) is 7.28. The van der Waals surface area contributed by atoms with Crippen LogP contribution in [0.1, 0.15) is 28.4 Å². The second-order valence-corrected chi connectivity index (χ2v) is 6.26. The lowest BCUT2D eigenvalue weighted by molar-refractivity contribution is 0.639. The molecule has 0 spiro atoms. The van der Waals surface area contributed by atoms with Crippen molar-refractivity contribution in [1.29, 1.82) is 0 Å². The van der Waals surface area contributed by atoms with Crippen LogP contribution >= 0.6 is 23.6 Å². The molecular weight excluding hydrogens is 276 g/mol. The molecule has 1 N–H and O–H groups in total. The van der Waals surface area contributed by atoms with Gasteiger partial charge in [-0.15, -0.1) is 11.3 Å². The van der Waals surface area contributed by atoms with E-state index in [1.165, 1.54) is 4.88 Å². The van der Waals surface area contributed by atoms with Crippen LogP contribution in [0.3, 0.4) is 0 Å². The van der Waals surface area contributed by atoms with Gasteiger partial charge in [-0.05, 0) is 44.6 Å². The maximum Gasteiger partial charge on any atom is 0.179 e. The van der Waals surface area contributed by atoms with Gasteiger partial charge in [-0.1, -0.05) is 0 Å². The van der Waals surface area contributed by atoms with Crippen LogP contribution in [0.5, 0.6) is 0 Å². The van der Waals surface area contributed by atoms with Crippen molar-refractivity contribution in [2.24, 2.45) is 0 Å². The fourth-order valence-corrected chi connectivity index (χ4v) is 3.34. The molecule has 0 amide bonds. The first kappa shape index (κ1) is 12.5. The van der Waals surface area contributed by atoms with Crippen LogP contribution in [0.25, 0.3) is 11.2 Å². The molecule has 0 aliphatic heterocycles. The van der Waals surface area contributed by atoms with Crippen molar-refractivity contribution < 1.29 is 0 Å². The summed E-state index contributed by atoms with van der Waals surface area (Å²) >= 11 is 7.14. The molecule has 6 heteroatoms. The van der Waals surface area contributed by atoms with E-state index in [4.69, 9.17) is 12.2 Å². The molecule has 3 aromatic rings. The van der Waals surface area contributed by atoms with E-state index in [2.05, 4.69) is 35.7 Å². The van der Waals surface area contributed by atoms with Crippen molar-refractivity contribution >= 4 is 34.7 Å². The van der Waals surface area contributed by atoms with E-state index < -0.39 is 0 Å². The average Bonchev–Trinajstić information content (AvgIpc) is 2.93. The number of thiazole rings is 1. The lowest BCUT2D eigenvalue weighted by Gasteiger charge is -2.11. The number of nitrogens with zero attached hydrogens (tertiary/aromatic N) is 3. The molecule has 0 aliphatic rings. The van der Waals surface area contributed by atoms with E-state index in [1.807, 2.05) is 23.0 Å². The Bertz CT molecular complexity index is 796. The Morgan fingerprint density at radius 3 is 2.84 bits per heavy atom. The standard InChI is InChI=1S/C13H14N4S2/c1-7-4-5-14-11-10(7)16-13(18)17(11)9(3)12-15-6-8(2)19-12/h4-6,9H,1-3H3,(H,16,18). The second-order valence-electron chi connectivity index (χ2n) is 4.61. The molecular formula is C13H14N4S2. The minimum Gasteiger partial charge on any atom is -0.329 e. The molecule has 0 bridgehead atoms. The van der Waals surface area contributed by atoms with Crippen LogP contribution in [-0.2, 0) is 0 Å². The van der Waals surface area contributed by atoms with Gasteiger partial charge in [0.1, 0.15) is 5.01 Å². The maximum absolute atomic E-state index is 5.44. The molecule has 0 aliphatic carbocycles. The first-order chi connectivity index (χ1) is 9.08. The number of hydrogen-bond acceptors (Lipinski definition) is 4. The molecule has 19 heavy (non-hydrogen) atoms. The Hall–Kier alpha value is -1.53. The van der Waals surface area contributed by atoms with Crippen LogP contribution in [0.4, 0.5) is 0 Å². The molecule has 1 atom stereocenters. The summed E-state index contributed by atoms with van der Waals surface area (Å²) in [6.07, 6.45) is 3.71. The summed E-state index contributed by atoms with van der Waals surface area (Å²) in [6, 6.07) is 2.07. The largest absolute Gasteiger partial charge is 0.329 e. The number of hydrogen-bond donors (Lipinski definition) is 1. The van der Waals surface area contributed by atoms with Gasteiger partial charge in [0.25, 0.3) is 0 Å². The lowest BCUT2D eigenvalue weighted by Crippen LogP contribution is -2.07. The Kier molecular flexibility index (Phi) is 2.99. The van der Waals surface area contributed by atoms with Crippen LogP contribution in [0.15, 0.2) is 18.5 Å². The van der Waals surface area contributed by atoms with Gasteiger partial charge in [-0.25, -0.2) is 9.97 Å². The summed E-state index contributed by atoms with van der Waals surface area (Å²) < 4.78 is 2.73. The van der Waals surface area contributed by atoms with Gasteiger partial charge >= 0.3 is 0 Å². The normalized spacial score (nSPS) is 13.0. The second kappa shape index (κ2) is 4.54. The highest BCUT2D eigenvalue weighted by Crippen LogP contribution is 2.27. The third-order valence-electron chi connectivity index (χ3n) is 3.20. The van der Waals surface area contributed by atoms with Crippen LogP contribution in [0.2, 0.25) is 0 Å². The highest BCUT2D eigenvalue weighted by atomic mass is 32.1. The number of aryl methyl sites for hydroxylation is 2. The number of pyridine rings is 1. The molecule has 98 valence electrons. The average molecular weight is 290 g/mol. The van der Waals surface area contributed by atoms with Gasteiger partial charge in [0.2, 0.25) is 0 Å². The molecule has 0 saturated carbocycles. The number of nitrogens with one attached hydrogen (secondary N) is 1. The minimum absolute atomic E-state index is 0.0919. The van der Waals surface area contributed by atoms with E-state index >= 15 is 0 Å². The summed E-state index contributed by atoms with van der Waals surface area (Å²) in [6.45, 7) is 6.22. The number of imidazole rings is 1. The van der Waals surface area contributed by atoms with Crippen molar-refractivity contribution in [1.82, 2.24) is 19.5 Å². The van der Waals surface area contributed by atoms with Gasteiger partial charge in [0, 0.05) is 17.3 Å². The van der Waals surface area contributed by atoms with Crippen molar-refractivity contribution in [2.75, 3.05) is 0 Å². The van der Waals surface area contributed by atoms with E-state index in [0.717, 1.165) is 21.7 Å². The number of aromatic amines is 1. The Balaban J connectivity index is 2.23. The van der Waals surface area contributed by atoms with E-state index in [1.54, 1.807) is 11.3 Å². The molecule has 4 nitrogen and oxygen atoms in total. The highest BCUT2D eigenvalue weighted by molar-refractivity contribution is 7.71. The topological polar surface area (TPSA) is 46.5 Å². The molecule has 3 aromatic heterocycles. The van der Waals surface area contributed by atoms with Crippen molar-refractivity contribution in [3.63, 3.8) is 0 Å². The minimum atomic E-state index is 0.0919. The van der Waals surface area contributed by atoms with Gasteiger partial charge in [-0.3, -0.25) is 4.57 Å². The number of fused-ring (bicyclic) bond motifs is 1. The predicted octanol–water partition coefficient (Wildman–Crippen LogP) is 3.78. The summed E-state index contributed by atoms with van der Waals surface area (Å²) in [4.78, 5) is 13.4. The van der Waals surface area contributed by atoms with Crippen molar-refractivity contribution in [2.45, 2.75) is 26.8 Å². The molecule has 3 heterocycles. The number of H-pyrrole nitrogens is 1. The third-order valence-corrected chi connectivity index (χ3v) is 4.58. The number of rotatable bonds is 2. The zero-order valence-corrected chi connectivity index (χ0v) is 12.6.